The lowest BCUT2D eigenvalue weighted by atomic mass is 10.0. The first-order valence-corrected chi connectivity index (χ1v) is 11.1. The van der Waals surface area contributed by atoms with Crippen LogP contribution in [0.3, 0.4) is 0 Å². The molecule has 0 aliphatic carbocycles. The molecule has 3 amide bonds. The van der Waals surface area contributed by atoms with Gasteiger partial charge in [-0.05, 0) is 56.0 Å². The number of nitrogens with zero attached hydrogens (tertiary/aromatic N) is 4. The highest BCUT2D eigenvalue weighted by Gasteiger charge is 2.28. The van der Waals surface area contributed by atoms with Crippen molar-refractivity contribution in [2.45, 2.75) is 32.2 Å². The minimum absolute atomic E-state index is 0.0174. The summed E-state index contributed by atoms with van der Waals surface area (Å²) in [5.74, 6) is 0.989. The third-order valence-corrected chi connectivity index (χ3v) is 6.19. The first-order valence-electron chi connectivity index (χ1n) is 11.1. The third kappa shape index (κ3) is 5.64. The fourth-order valence-corrected chi connectivity index (χ4v) is 4.22. The number of pyridine rings is 1. The van der Waals surface area contributed by atoms with Crippen molar-refractivity contribution in [3.63, 3.8) is 0 Å². The number of likely N-dealkylation sites (tertiary alicyclic amines) is 1. The minimum atomic E-state index is -0.104. The number of hydrogen-bond acceptors (Lipinski definition) is 5. The summed E-state index contributed by atoms with van der Waals surface area (Å²) in [6, 6.07) is 7.83. The van der Waals surface area contributed by atoms with Crippen LogP contribution in [0.15, 0.2) is 41.1 Å². The van der Waals surface area contributed by atoms with Crippen molar-refractivity contribution in [2.75, 3.05) is 45.8 Å². The van der Waals surface area contributed by atoms with E-state index >= 15 is 0 Å². The average molecular weight is 426 g/mol. The Morgan fingerprint density at radius 1 is 1.00 bits per heavy atom. The zero-order chi connectivity index (χ0) is 21.6. The molecule has 2 fully saturated rings. The van der Waals surface area contributed by atoms with Crippen LogP contribution in [-0.2, 0) is 6.42 Å². The van der Waals surface area contributed by atoms with E-state index in [0.29, 0.717) is 31.9 Å². The van der Waals surface area contributed by atoms with E-state index in [4.69, 9.17) is 4.42 Å². The second-order valence-electron chi connectivity index (χ2n) is 8.36. The maximum absolute atomic E-state index is 12.7. The number of furan rings is 1. The molecule has 0 unspecified atom stereocenters. The van der Waals surface area contributed by atoms with E-state index in [1.807, 2.05) is 24.2 Å². The maximum atomic E-state index is 12.7. The summed E-state index contributed by atoms with van der Waals surface area (Å²) in [7, 11) is 0. The Balaban J connectivity index is 1.16. The van der Waals surface area contributed by atoms with Crippen LogP contribution in [0.1, 0.15) is 34.7 Å². The summed E-state index contributed by atoms with van der Waals surface area (Å²) < 4.78 is 5.43. The van der Waals surface area contributed by atoms with Crippen molar-refractivity contribution in [3.8, 4) is 0 Å². The third-order valence-electron chi connectivity index (χ3n) is 6.19. The van der Waals surface area contributed by atoms with Crippen LogP contribution >= 0.6 is 0 Å². The molecule has 8 nitrogen and oxygen atoms in total. The monoisotopic (exact) mass is 425 g/mol. The van der Waals surface area contributed by atoms with Crippen LogP contribution < -0.4 is 5.32 Å². The molecule has 1 N–H and O–H groups in total. The molecule has 0 saturated carbocycles. The van der Waals surface area contributed by atoms with Crippen LogP contribution in [0.2, 0.25) is 0 Å². The van der Waals surface area contributed by atoms with E-state index in [9.17, 15) is 9.59 Å². The lowest BCUT2D eigenvalue weighted by molar-refractivity contribution is 0.0629. The standard InChI is InChI=1S/C23H31N5O3/c1-18-2-3-21(31-18)22(29)27-14-16-28(17-15-27)23(30)25-20-7-12-26(13-8-20)11-6-19-4-9-24-10-5-19/h2-5,9-10,20H,6-8,11-17H2,1H3,(H,25,30). The SMILES string of the molecule is Cc1ccc(C(=O)N2CCN(C(=O)NC3CCN(CCc4ccncc4)CC3)CC2)o1. The lowest BCUT2D eigenvalue weighted by Crippen LogP contribution is -2.55. The number of aryl methyl sites for hydroxylation is 1. The number of urea groups is 1. The van der Waals surface area contributed by atoms with Crippen molar-refractivity contribution < 1.29 is 14.0 Å². The first kappa shape index (κ1) is 21.4. The molecular formula is C23H31N5O3. The summed E-state index contributed by atoms with van der Waals surface area (Å²) in [6.07, 6.45) is 6.65. The van der Waals surface area contributed by atoms with Crippen LogP contribution in [0.25, 0.3) is 0 Å². The van der Waals surface area contributed by atoms with Crippen molar-refractivity contribution in [3.05, 3.63) is 53.7 Å². The Kier molecular flexibility index (Phi) is 6.86. The van der Waals surface area contributed by atoms with Gasteiger partial charge in [-0.2, -0.15) is 0 Å². The number of carbonyl (C=O) groups excluding carboxylic acids is 2. The summed E-state index contributed by atoms with van der Waals surface area (Å²) in [6.45, 7) is 7.01. The Morgan fingerprint density at radius 2 is 1.68 bits per heavy atom. The smallest absolute Gasteiger partial charge is 0.317 e. The molecule has 2 aliphatic heterocycles. The molecule has 2 aromatic heterocycles. The van der Waals surface area contributed by atoms with Gasteiger partial charge in [-0.1, -0.05) is 0 Å². The van der Waals surface area contributed by atoms with Crippen molar-refractivity contribution >= 4 is 11.9 Å². The van der Waals surface area contributed by atoms with Crippen LogP contribution in [0.5, 0.6) is 0 Å². The normalized spacial score (nSPS) is 18.2. The second kappa shape index (κ2) is 9.96. The Labute approximate surface area is 183 Å². The number of rotatable bonds is 5. The molecule has 0 bridgehead atoms. The molecule has 0 spiro atoms. The van der Waals surface area contributed by atoms with E-state index in [-0.39, 0.29) is 18.0 Å². The second-order valence-corrected chi connectivity index (χ2v) is 8.36. The van der Waals surface area contributed by atoms with E-state index in [1.54, 1.807) is 17.0 Å². The van der Waals surface area contributed by atoms with Gasteiger partial charge in [0, 0.05) is 64.2 Å². The van der Waals surface area contributed by atoms with Gasteiger partial charge in [0.2, 0.25) is 0 Å². The Hall–Kier alpha value is -2.87. The van der Waals surface area contributed by atoms with Gasteiger partial charge in [0.05, 0.1) is 0 Å². The highest BCUT2D eigenvalue weighted by atomic mass is 16.3. The number of piperazine rings is 1. The molecule has 8 heteroatoms. The molecule has 2 aromatic rings. The number of nitrogens with one attached hydrogen (secondary N) is 1. The fourth-order valence-electron chi connectivity index (χ4n) is 4.22. The number of carbonyl (C=O) groups is 2. The van der Waals surface area contributed by atoms with Gasteiger partial charge in [-0.3, -0.25) is 9.78 Å². The van der Waals surface area contributed by atoms with Gasteiger partial charge in [0.25, 0.3) is 5.91 Å². The zero-order valence-corrected chi connectivity index (χ0v) is 18.1. The highest BCUT2D eigenvalue weighted by Crippen LogP contribution is 2.14. The van der Waals surface area contributed by atoms with Crippen LogP contribution in [0.4, 0.5) is 4.79 Å². The predicted octanol–water partition coefficient (Wildman–Crippen LogP) is 2.16. The maximum Gasteiger partial charge on any atom is 0.317 e. The molecule has 4 heterocycles. The van der Waals surface area contributed by atoms with Gasteiger partial charge >= 0.3 is 6.03 Å². The highest BCUT2D eigenvalue weighted by molar-refractivity contribution is 5.91. The van der Waals surface area contributed by atoms with Gasteiger partial charge in [-0.15, -0.1) is 0 Å². The molecule has 0 aromatic carbocycles. The van der Waals surface area contributed by atoms with E-state index in [1.165, 1.54) is 5.56 Å². The van der Waals surface area contributed by atoms with Crippen molar-refractivity contribution in [1.82, 2.24) is 25.0 Å². The molecule has 166 valence electrons. The summed E-state index contributed by atoms with van der Waals surface area (Å²) in [5, 5.41) is 3.19. The topological polar surface area (TPSA) is 81.9 Å². The van der Waals surface area contributed by atoms with Gasteiger partial charge in [0.15, 0.2) is 5.76 Å². The van der Waals surface area contributed by atoms with E-state index in [0.717, 1.165) is 44.7 Å². The fraction of sp³-hybridized carbons (Fsp3) is 0.522. The Bertz CT molecular complexity index is 868. The molecule has 4 rings (SSSR count). The summed E-state index contributed by atoms with van der Waals surface area (Å²) >= 11 is 0. The van der Waals surface area contributed by atoms with Gasteiger partial charge in [0.1, 0.15) is 5.76 Å². The lowest BCUT2D eigenvalue weighted by Gasteiger charge is -2.37. The average Bonchev–Trinajstić information content (AvgIpc) is 3.25. The number of hydrogen-bond donors (Lipinski definition) is 1. The van der Waals surface area contributed by atoms with E-state index < -0.39 is 0 Å². The van der Waals surface area contributed by atoms with Gasteiger partial charge in [-0.25, -0.2) is 4.79 Å². The quantitative estimate of drug-likeness (QED) is 0.794. The van der Waals surface area contributed by atoms with E-state index in [2.05, 4.69) is 27.3 Å². The van der Waals surface area contributed by atoms with Crippen molar-refractivity contribution in [1.29, 1.82) is 0 Å². The number of amides is 3. The molecule has 31 heavy (non-hydrogen) atoms. The first-order chi connectivity index (χ1) is 15.1. The molecule has 0 radical (unpaired) electrons. The van der Waals surface area contributed by atoms with Crippen molar-refractivity contribution in [2.24, 2.45) is 0 Å². The molecule has 2 aliphatic rings. The number of aromatic nitrogens is 1. The molecular weight excluding hydrogens is 394 g/mol. The minimum Gasteiger partial charge on any atom is -0.456 e. The van der Waals surface area contributed by atoms with Crippen LogP contribution in [-0.4, -0.2) is 83.5 Å². The zero-order valence-electron chi connectivity index (χ0n) is 18.1. The predicted molar refractivity (Wildman–Crippen MR) is 117 cm³/mol. The Morgan fingerprint density at radius 3 is 2.32 bits per heavy atom. The molecule has 0 atom stereocenters. The summed E-state index contributed by atoms with van der Waals surface area (Å²) in [5.41, 5.74) is 1.31. The molecule has 2 saturated heterocycles. The summed E-state index contributed by atoms with van der Waals surface area (Å²) in [4.78, 5) is 35.3. The number of piperidine rings is 1. The largest absolute Gasteiger partial charge is 0.456 e. The van der Waals surface area contributed by atoms with Gasteiger partial charge < -0.3 is 24.4 Å². The van der Waals surface area contributed by atoms with Crippen LogP contribution in [0, 0.1) is 6.92 Å².